The van der Waals surface area contributed by atoms with Crippen LogP contribution in [0.15, 0.2) is 22.6 Å². The molecule has 3 rings (SSSR count). The van der Waals surface area contributed by atoms with Crippen molar-refractivity contribution >= 4 is 11.6 Å². The molecule has 21 heavy (non-hydrogen) atoms. The molecule has 1 aliphatic carbocycles. The summed E-state index contributed by atoms with van der Waals surface area (Å²) >= 11 is 0. The second-order valence-corrected chi connectivity index (χ2v) is 5.99. The molecular formula is C16H15NO4. The Balaban J connectivity index is 2.32. The molecule has 1 heterocycles. The first-order chi connectivity index (χ1) is 9.84. The van der Waals surface area contributed by atoms with Crippen molar-refractivity contribution in [2.45, 2.75) is 26.2 Å². The van der Waals surface area contributed by atoms with Crippen LogP contribution in [-0.2, 0) is 5.41 Å². The maximum absolute atomic E-state index is 12.3. The topological polar surface area (TPSA) is 69.4 Å². The van der Waals surface area contributed by atoms with Crippen LogP contribution in [0.1, 0.15) is 47.5 Å². The van der Waals surface area contributed by atoms with Crippen molar-refractivity contribution in [3.05, 3.63) is 35.3 Å². The number of nitrogens with zero attached hydrogens (tertiary/aromatic N) is 1. The second-order valence-electron chi connectivity index (χ2n) is 5.99. The van der Waals surface area contributed by atoms with Gasteiger partial charge in [-0.25, -0.2) is 4.98 Å². The third kappa shape index (κ3) is 1.88. The number of ketones is 2. The monoisotopic (exact) mass is 285 g/mol. The number of oxazole rings is 1. The highest BCUT2D eigenvalue weighted by molar-refractivity contribution is 6.52. The fourth-order valence-corrected chi connectivity index (χ4v) is 2.32. The Morgan fingerprint density at radius 1 is 1.14 bits per heavy atom. The molecule has 1 aliphatic rings. The molecule has 0 aliphatic heterocycles. The molecule has 0 amide bonds. The minimum absolute atomic E-state index is 0.0886. The quantitative estimate of drug-likeness (QED) is 0.753. The van der Waals surface area contributed by atoms with E-state index in [0.717, 1.165) is 0 Å². The van der Waals surface area contributed by atoms with E-state index in [1.54, 1.807) is 18.2 Å². The van der Waals surface area contributed by atoms with Gasteiger partial charge in [0.2, 0.25) is 11.7 Å². The number of ether oxygens (including phenoxy) is 1. The number of methoxy groups -OCH3 is 1. The van der Waals surface area contributed by atoms with Gasteiger partial charge in [0.05, 0.1) is 12.7 Å². The molecule has 108 valence electrons. The highest BCUT2D eigenvalue weighted by atomic mass is 16.5. The average molecular weight is 285 g/mol. The number of carbonyl (C=O) groups excluding carboxylic acids is 2. The van der Waals surface area contributed by atoms with E-state index < -0.39 is 11.6 Å². The standard InChI is InChI=1S/C16H15NO4/c1-16(2,3)15-17-11-13(19)12(18)10-8(14(11)21-15)6-5-7-9(10)20-4/h5-7H,1-4H3. The first-order valence-corrected chi connectivity index (χ1v) is 6.62. The van der Waals surface area contributed by atoms with Crippen molar-refractivity contribution in [2.75, 3.05) is 7.11 Å². The Bertz CT molecular complexity index is 765. The van der Waals surface area contributed by atoms with E-state index in [-0.39, 0.29) is 16.7 Å². The lowest BCUT2D eigenvalue weighted by Gasteiger charge is -2.15. The molecule has 0 N–H and O–H groups in total. The van der Waals surface area contributed by atoms with E-state index in [0.29, 0.717) is 23.0 Å². The lowest BCUT2D eigenvalue weighted by Crippen LogP contribution is -2.22. The second kappa shape index (κ2) is 4.28. The number of benzene rings is 1. The molecule has 5 nitrogen and oxygen atoms in total. The Morgan fingerprint density at radius 2 is 1.86 bits per heavy atom. The van der Waals surface area contributed by atoms with E-state index in [1.165, 1.54) is 7.11 Å². The van der Waals surface area contributed by atoms with Crippen LogP contribution < -0.4 is 4.74 Å². The summed E-state index contributed by atoms with van der Waals surface area (Å²) in [6, 6.07) is 5.14. The van der Waals surface area contributed by atoms with Gasteiger partial charge >= 0.3 is 0 Å². The molecule has 1 aromatic carbocycles. The number of carbonyl (C=O) groups is 2. The number of aromatic nitrogens is 1. The van der Waals surface area contributed by atoms with E-state index in [4.69, 9.17) is 9.15 Å². The highest BCUT2D eigenvalue weighted by Gasteiger charge is 2.38. The van der Waals surface area contributed by atoms with Gasteiger partial charge in [-0.05, 0) is 6.07 Å². The molecule has 0 atom stereocenters. The van der Waals surface area contributed by atoms with Crippen LogP contribution in [0.25, 0.3) is 11.3 Å². The molecule has 0 unspecified atom stereocenters. The van der Waals surface area contributed by atoms with Gasteiger partial charge in [0.1, 0.15) is 5.75 Å². The van der Waals surface area contributed by atoms with Crippen LogP contribution in [0.3, 0.4) is 0 Å². The predicted octanol–water partition coefficient (Wildman–Crippen LogP) is 3.03. The normalized spacial score (nSPS) is 13.9. The molecule has 0 bridgehead atoms. The fourth-order valence-electron chi connectivity index (χ4n) is 2.32. The third-order valence-corrected chi connectivity index (χ3v) is 3.41. The Morgan fingerprint density at radius 3 is 2.48 bits per heavy atom. The van der Waals surface area contributed by atoms with Gasteiger partial charge in [0, 0.05) is 11.0 Å². The van der Waals surface area contributed by atoms with Crippen LogP contribution in [0, 0.1) is 0 Å². The number of Topliss-reactive ketones (excluding diaryl/α,β-unsaturated/α-hetero) is 2. The van der Waals surface area contributed by atoms with Crippen LogP contribution in [0.5, 0.6) is 5.75 Å². The van der Waals surface area contributed by atoms with Gasteiger partial charge in [-0.15, -0.1) is 0 Å². The van der Waals surface area contributed by atoms with Gasteiger partial charge in [0.15, 0.2) is 11.5 Å². The maximum Gasteiger partial charge on any atom is 0.255 e. The largest absolute Gasteiger partial charge is 0.496 e. The molecule has 2 aromatic rings. The zero-order valence-corrected chi connectivity index (χ0v) is 12.3. The molecule has 5 heteroatoms. The van der Waals surface area contributed by atoms with Gasteiger partial charge in [0.25, 0.3) is 5.78 Å². The highest BCUT2D eigenvalue weighted by Crippen LogP contribution is 2.40. The molecule has 0 radical (unpaired) electrons. The summed E-state index contributed by atoms with van der Waals surface area (Å²) in [6.45, 7) is 5.80. The predicted molar refractivity (Wildman–Crippen MR) is 75.9 cm³/mol. The summed E-state index contributed by atoms with van der Waals surface area (Å²) < 4.78 is 11.0. The first kappa shape index (κ1) is 13.5. The summed E-state index contributed by atoms with van der Waals surface area (Å²) in [5.41, 5.74) is 0.538. The van der Waals surface area contributed by atoms with Crippen molar-refractivity contribution < 1.29 is 18.7 Å². The zero-order chi connectivity index (χ0) is 15.4. The molecule has 0 saturated heterocycles. The van der Waals surface area contributed by atoms with Gasteiger partial charge < -0.3 is 9.15 Å². The Labute approximate surface area is 121 Å². The van der Waals surface area contributed by atoms with Gasteiger partial charge in [-0.3, -0.25) is 9.59 Å². The lowest BCUT2D eigenvalue weighted by atomic mass is 9.90. The van der Waals surface area contributed by atoms with Crippen molar-refractivity contribution in [3.63, 3.8) is 0 Å². The van der Waals surface area contributed by atoms with Crippen molar-refractivity contribution in [2.24, 2.45) is 0 Å². The van der Waals surface area contributed by atoms with Crippen LogP contribution in [0.2, 0.25) is 0 Å². The average Bonchev–Trinajstić information content (AvgIpc) is 2.89. The van der Waals surface area contributed by atoms with Crippen molar-refractivity contribution in [1.82, 2.24) is 4.98 Å². The van der Waals surface area contributed by atoms with Crippen molar-refractivity contribution in [3.8, 4) is 17.1 Å². The van der Waals surface area contributed by atoms with E-state index in [1.807, 2.05) is 20.8 Å². The van der Waals surface area contributed by atoms with Crippen LogP contribution in [0.4, 0.5) is 0 Å². The molecule has 0 spiro atoms. The summed E-state index contributed by atoms with van der Waals surface area (Å²) in [5.74, 6) is -0.113. The minimum atomic E-state index is -0.652. The SMILES string of the molecule is COc1cccc2c1C(=O)C(=O)c1nc(C(C)(C)C)oc1-2. The van der Waals surface area contributed by atoms with Crippen LogP contribution >= 0.6 is 0 Å². The Kier molecular flexibility index (Phi) is 2.76. The summed E-state index contributed by atoms with van der Waals surface area (Å²) in [6.07, 6.45) is 0. The smallest absolute Gasteiger partial charge is 0.255 e. The van der Waals surface area contributed by atoms with E-state index in [2.05, 4.69) is 4.98 Å². The number of fused-ring (bicyclic) bond motifs is 3. The number of hydrogen-bond donors (Lipinski definition) is 0. The number of hydrogen-bond acceptors (Lipinski definition) is 5. The molecule has 0 saturated carbocycles. The molecular weight excluding hydrogens is 270 g/mol. The first-order valence-electron chi connectivity index (χ1n) is 6.62. The zero-order valence-electron chi connectivity index (χ0n) is 12.3. The fraction of sp³-hybridized carbons (Fsp3) is 0.312. The number of rotatable bonds is 1. The summed E-state index contributed by atoms with van der Waals surface area (Å²) in [5, 5.41) is 0. The third-order valence-electron chi connectivity index (χ3n) is 3.41. The lowest BCUT2D eigenvalue weighted by molar-refractivity contribution is 0.0810. The van der Waals surface area contributed by atoms with E-state index >= 15 is 0 Å². The van der Waals surface area contributed by atoms with E-state index in [9.17, 15) is 9.59 Å². The van der Waals surface area contributed by atoms with Crippen molar-refractivity contribution in [1.29, 1.82) is 0 Å². The maximum atomic E-state index is 12.3. The minimum Gasteiger partial charge on any atom is -0.496 e. The van der Waals surface area contributed by atoms with Gasteiger partial charge in [-0.2, -0.15) is 0 Å². The molecule has 0 fully saturated rings. The van der Waals surface area contributed by atoms with Gasteiger partial charge in [-0.1, -0.05) is 32.9 Å². The summed E-state index contributed by atoms with van der Waals surface area (Å²) in [4.78, 5) is 28.8. The molecule has 1 aromatic heterocycles. The Hall–Kier alpha value is -2.43. The van der Waals surface area contributed by atoms with Crippen LogP contribution in [-0.4, -0.2) is 23.7 Å². The summed E-state index contributed by atoms with van der Waals surface area (Å²) in [7, 11) is 1.46.